The molecule has 0 aliphatic carbocycles. The molecule has 0 saturated heterocycles. The van der Waals surface area contributed by atoms with E-state index in [0.29, 0.717) is 0 Å². The SMILES string of the molecule is BO[P@](c1ccccc1)c1ccccc1OC(C)C. The largest absolute Gasteiger partial charge is 0.490 e. The van der Waals surface area contributed by atoms with Gasteiger partial charge in [0.2, 0.25) is 0 Å². The van der Waals surface area contributed by atoms with Gasteiger partial charge in [-0.05, 0) is 26.0 Å². The third-order valence-corrected chi connectivity index (χ3v) is 4.56. The lowest BCUT2D eigenvalue weighted by atomic mass is 10.3. The Morgan fingerprint density at radius 1 is 0.947 bits per heavy atom. The molecule has 0 bridgehead atoms. The molecule has 2 aromatic carbocycles. The van der Waals surface area contributed by atoms with Crippen LogP contribution in [0.5, 0.6) is 5.75 Å². The molecule has 1 atom stereocenters. The number of rotatable bonds is 5. The summed E-state index contributed by atoms with van der Waals surface area (Å²) >= 11 is 0. The summed E-state index contributed by atoms with van der Waals surface area (Å²) in [6, 6.07) is 18.4. The average molecular weight is 272 g/mol. The molecule has 0 amide bonds. The van der Waals surface area contributed by atoms with Gasteiger partial charge in [-0.25, -0.2) is 0 Å². The minimum absolute atomic E-state index is 0.158. The predicted octanol–water partition coefficient (Wildman–Crippen LogP) is 2.39. The van der Waals surface area contributed by atoms with Crippen LogP contribution in [0.15, 0.2) is 54.6 Å². The van der Waals surface area contributed by atoms with Crippen molar-refractivity contribution < 1.29 is 9.18 Å². The maximum Gasteiger partial charge on any atom is 0.263 e. The molecule has 0 radical (unpaired) electrons. The Morgan fingerprint density at radius 3 is 2.21 bits per heavy atom. The van der Waals surface area contributed by atoms with E-state index in [2.05, 4.69) is 18.2 Å². The lowest BCUT2D eigenvalue weighted by Gasteiger charge is -2.21. The average Bonchev–Trinajstić information content (AvgIpc) is 2.42. The van der Waals surface area contributed by atoms with Crippen molar-refractivity contribution in [1.29, 1.82) is 0 Å². The van der Waals surface area contributed by atoms with Gasteiger partial charge in [-0.1, -0.05) is 42.5 Å². The molecule has 2 nitrogen and oxygen atoms in total. The second-order valence-electron chi connectivity index (χ2n) is 4.45. The molecular weight excluding hydrogens is 254 g/mol. The molecule has 0 N–H and O–H groups in total. The Kier molecular flexibility index (Phi) is 5.01. The monoisotopic (exact) mass is 272 g/mol. The van der Waals surface area contributed by atoms with Gasteiger partial charge < -0.3 is 9.18 Å². The Labute approximate surface area is 117 Å². The summed E-state index contributed by atoms with van der Waals surface area (Å²) in [4.78, 5) is 0. The Morgan fingerprint density at radius 2 is 1.58 bits per heavy atom. The third-order valence-electron chi connectivity index (χ3n) is 2.62. The van der Waals surface area contributed by atoms with Crippen LogP contribution >= 0.6 is 8.15 Å². The first kappa shape index (κ1) is 14.1. The molecule has 19 heavy (non-hydrogen) atoms. The van der Waals surface area contributed by atoms with Crippen LogP contribution < -0.4 is 15.3 Å². The van der Waals surface area contributed by atoms with Crippen LogP contribution in [0.4, 0.5) is 0 Å². The lowest BCUT2D eigenvalue weighted by Crippen LogP contribution is -2.18. The molecule has 2 rings (SSSR count). The van der Waals surface area contributed by atoms with E-state index in [-0.39, 0.29) is 6.10 Å². The molecular formula is C15H18BO2P. The fourth-order valence-corrected chi connectivity index (χ4v) is 3.56. The van der Waals surface area contributed by atoms with Crippen molar-refractivity contribution in [2.75, 3.05) is 0 Å². The smallest absolute Gasteiger partial charge is 0.263 e. The summed E-state index contributed by atoms with van der Waals surface area (Å²) in [5, 5.41) is 2.32. The fraction of sp³-hybridized carbons (Fsp3) is 0.200. The highest BCUT2D eigenvalue weighted by atomic mass is 31.1. The normalized spacial score (nSPS) is 12.4. The van der Waals surface area contributed by atoms with Gasteiger partial charge in [0.15, 0.2) is 0 Å². The molecule has 2 aromatic rings. The molecule has 0 fully saturated rings. The van der Waals surface area contributed by atoms with E-state index < -0.39 is 8.15 Å². The predicted molar refractivity (Wildman–Crippen MR) is 84.5 cm³/mol. The first-order valence-electron chi connectivity index (χ1n) is 6.37. The molecule has 0 heterocycles. The van der Waals surface area contributed by atoms with Gasteiger partial charge in [-0.2, -0.15) is 0 Å². The lowest BCUT2D eigenvalue weighted by molar-refractivity contribution is 0.244. The van der Waals surface area contributed by atoms with Crippen molar-refractivity contribution in [2.24, 2.45) is 0 Å². The van der Waals surface area contributed by atoms with Gasteiger partial charge in [0, 0.05) is 10.6 Å². The number of benzene rings is 2. The van der Waals surface area contributed by atoms with Crippen molar-refractivity contribution >= 4 is 26.8 Å². The topological polar surface area (TPSA) is 18.5 Å². The van der Waals surface area contributed by atoms with Crippen LogP contribution in [-0.4, -0.2) is 14.2 Å². The quantitative estimate of drug-likeness (QED) is 0.614. The zero-order valence-electron chi connectivity index (χ0n) is 11.5. The second-order valence-corrected chi connectivity index (χ2v) is 6.40. The molecule has 0 aromatic heterocycles. The van der Waals surface area contributed by atoms with Gasteiger partial charge in [0.05, 0.1) is 14.3 Å². The first-order chi connectivity index (χ1) is 9.22. The highest BCUT2D eigenvalue weighted by molar-refractivity contribution is 7.69. The van der Waals surface area contributed by atoms with Crippen LogP contribution in [0, 0.1) is 0 Å². The zero-order valence-corrected chi connectivity index (χ0v) is 12.4. The second kappa shape index (κ2) is 6.74. The van der Waals surface area contributed by atoms with Crippen molar-refractivity contribution in [2.45, 2.75) is 20.0 Å². The van der Waals surface area contributed by atoms with E-state index in [4.69, 9.17) is 9.18 Å². The Bertz CT molecular complexity index is 517. The van der Waals surface area contributed by atoms with Crippen LogP contribution in [-0.2, 0) is 4.44 Å². The Balaban J connectivity index is 2.38. The molecule has 0 unspecified atom stereocenters. The number of hydrogen-bond acceptors (Lipinski definition) is 2. The van der Waals surface area contributed by atoms with E-state index in [1.165, 1.54) is 5.30 Å². The van der Waals surface area contributed by atoms with Crippen molar-refractivity contribution in [1.82, 2.24) is 0 Å². The number of para-hydroxylation sites is 1. The summed E-state index contributed by atoms with van der Waals surface area (Å²) < 4.78 is 11.6. The first-order valence-corrected chi connectivity index (χ1v) is 7.63. The summed E-state index contributed by atoms with van der Waals surface area (Å²) in [5.41, 5.74) is 0. The summed E-state index contributed by atoms with van der Waals surface area (Å²) in [5.74, 6) is 0.911. The van der Waals surface area contributed by atoms with Crippen molar-refractivity contribution in [3.63, 3.8) is 0 Å². The standard InChI is InChI=1S/C15H18BO2P/c1-12(2)17-14-10-6-7-11-15(14)19(18-16)13-8-4-3-5-9-13/h3-12H,16H2,1-2H3/t19-/m1/s1. The molecule has 0 spiro atoms. The third kappa shape index (κ3) is 3.59. The zero-order chi connectivity index (χ0) is 13.7. The maximum atomic E-state index is 5.89. The highest BCUT2D eigenvalue weighted by Crippen LogP contribution is 2.37. The van der Waals surface area contributed by atoms with Gasteiger partial charge in [-0.3, -0.25) is 0 Å². The molecule has 0 aliphatic rings. The summed E-state index contributed by atoms with van der Waals surface area (Å²) in [6.07, 6.45) is 0.158. The highest BCUT2D eigenvalue weighted by Gasteiger charge is 2.17. The van der Waals surface area contributed by atoms with E-state index in [9.17, 15) is 0 Å². The van der Waals surface area contributed by atoms with Gasteiger partial charge in [-0.15, -0.1) is 0 Å². The summed E-state index contributed by atoms with van der Waals surface area (Å²) in [7, 11) is 0.930. The van der Waals surface area contributed by atoms with Crippen LogP contribution in [0.25, 0.3) is 0 Å². The van der Waals surface area contributed by atoms with Crippen LogP contribution in [0.1, 0.15) is 13.8 Å². The summed E-state index contributed by atoms with van der Waals surface area (Å²) in [6.45, 7) is 4.07. The van der Waals surface area contributed by atoms with Gasteiger partial charge in [0.1, 0.15) is 5.75 Å². The van der Waals surface area contributed by atoms with E-state index in [1.807, 2.05) is 50.2 Å². The van der Waals surface area contributed by atoms with E-state index in [0.717, 1.165) is 11.1 Å². The van der Waals surface area contributed by atoms with Crippen LogP contribution in [0.2, 0.25) is 0 Å². The fourth-order valence-electron chi connectivity index (χ4n) is 1.88. The molecule has 98 valence electrons. The van der Waals surface area contributed by atoms with Gasteiger partial charge >= 0.3 is 0 Å². The Hall–Kier alpha value is -1.31. The van der Waals surface area contributed by atoms with E-state index >= 15 is 0 Å². The maximum absolute atomic E-state index is 5.89. The molecule has 0 aliphatic heterocycles. The number of ether oxygens (including phenoxy) is 1. The number of hydrogen-bond donors (Lipinski definition) is 0. The minimum atomic E-state index is -0.825. The minimum Gasteiger partial charge on any atom is -0.490 e. The van der Waals surface area contributed by atoms with Crippen molar-refractivity contribution in [3.05, 3.63) is 54.6 Å². The van der Waals surface area contributed by atoms with Gasteiger partial charge in [0.25, 0.3) is 8.05 Å². The van der Waals surface area contributed by atoms with E-state index in [1.54, 1.807) is 8.05 Å². The molecule has 0 saturated carbocycles. The van der Waals surface area contributed by atoms with Crippen molar-refractivity contribution in [3.8, 4) is 5.75 Å². The molecule has 4 heteroatoms. The van der Waals surface area contributed by atoms with Crippen LogP contribution in [0.3, 0.4) is 0 Å².